The molecule has 0 radical (unpaired) electrons. The molecule has 0 aromatic heterocycles. The Labute approximate surface area is 161 Å². The minimum absolute atomic E-state index is 0.0668. The zero-order chi connectivity index (χ0) is 19.9. The number of carbonyl (C=O) groups excluding carboxylic acids is 2. The molecule has 2 amide bonds. The van der Waals surface area contributed by atoms with Crippen LogP contribution in [0.25, 0.3) is 0 Å². The van der Waals surface area contributed by atoms with Gasteiger partial charge in [-0.15, -0.1) is 0 Å². The number of benzene rings is 2. The molecule has 2 aromatic carbocycles. The standard InChI is InChI=1S/C21H20F2N2O3/c1-24-19(26)13-28-18-12-25(20(27)16-8-7-15(22)11-17(16)23)10-9-21(18,24)14-5-3-2-4-6-14/h2-8,11,18H,9-10,12-13H2,1H3/t18-,21+/m1/s1. The Morgan fingerprint density at radius 1 is 1.18 bits per heavy atom. The molecule has 0 unspecified atom stereocenters. The molecule has 2 aliphatic heterocycles. The largest absolute Gasteiger partial charge is 0.364 e. The molecule has 2 heterocycles. The molecule has 0 bridgehead atoms. The Kier molecular flexibility index (Phi) is 4.63. The van der Waals surface area contributed by atoms with Crippen LogP contribution in [0.5, 0.6) is 0 Å². The first-order chi connectivity index (χ1) is 13.4. The predicted molar refractivity (Wildman–Crippen MR) is 97.5 cm³/mol. The molecule has 7 heteroatoms. The number of fused-ring (bicyclic) bond motifs is 1. The van der Waals surface area contributed by atoms with E-state index in [9.17, 15) is 18.4 Å². The van der Waals surface area contributed by atoms with E-state index in [1.165, 1.54) is 4.90 Å². The summed E-state index contributed by atoms with van der Waals surface area (Å²) < 4.78 is 33.1. The molecule has 2 aromatic rings. The summed E-state index contributed by atoms with van der Waals surface area (Å²) in [6.07, 6.45) is 0.0113. The number of carbonyl (C=O) groups is 2. The monoisotopic (exact) mass is 386 g/mol. The average molecular weight is 386 g/mol. The Morgan fingerprint density at radius 2 is 1.93 bits per heavy atom. The van der Waals surface area contributed by atoms with Gasteiger partial charge in [0.1, 0.15) is 24.3 Å². The van der Waals surface area contributed by atoms with Crippen LogP contribution in [-0.4, -0.2) is 54.5 Å². The van der Waals surface area contributed by atoms with Crippen LogP contribution in [0, 0.1) is 11.6 Å². The van der Waals surface area contributed by atoms with E-state index in [2.05, 4.69) is 0 Å². The molecule has 4 rings (SSSR count). The Hall–Kier alpha value is -2.80. The molecule has 2 aliphatic rings. The summed E-state index contributed by atoms with van der Waals surface area (Å²) in [6.45, 7) is 0.465. The summed E-state index contributed by atoms with van der Waals surface area (Å²) in [4.78, 5) is 28.4. The number of rotatable bonds is 2. The van der Waals surface area contributed by atoms with Crippen molar-refractivity contribution in [3.05, 3.63) is 71.3 Å². The zero-order valence-electron chi connectivity index (χ0n) is 15.4. The molecule has 2 fully saturated rings. The van der Waals surface area contributed by atoms with E-state index >= 15 is 0 Å². The van der Waals surface area contributed by atoms with Gasteiger partial charge in [0.25, 0.3) is 5.91 Å². The lowest BCUT2D eigenvalue weighted by molar-refractivity contribution is -0.180. The summed E-state index contributed by atoms with van der Waals surface area (Å²) in [7, 11) is 1.75. The number of ether oxygens (including phenoxy) is 1. The first-order valence-electron chi connectivity index (χ1n) is 9.11. The quantitative estimate of drug-likeness (QED) is 0.797. The first kappa shape index (κ1) is 18.6. The summed E-state index contributed by atoms with van der Waals surface area (Å²) in [6, 6.07) is 12.5. The fourth-order valence-electron chi connectivity index (χ4n) is 4.24. The van der Waals surface area contributed by atoms with Crippen LogP contribution in [0.3, 0.4) is 0 Å². The van der Waals surface area contributed by atoms with E-state index in [4.69, 9.17) is 4.74 Å². The predicted octanol–water partition coefficient (Wildman–Crippen LogP) is 2.56. The van der Waals surface area contributed by atoms with Crippen molar-refractivity contribution in [1.29, 1.82) is 0 Å². The second-order valence-corrected chi connectivity index (χ2v) is 7.17. The lowest BCUT2D eigenvalue weighted by atomic mass is 9.76. The Bertz CT molecular complexity index is 921. The molecule has 146 valence electrons. The lowest BCUT2D eigenvalue weighted by Gasteiger charge is -2.54. The number of likely N-dealkylation sites (tertiary alicyclic amines) is 1. The van der Waals surface area contributed by atoms with Crippen molar-refractivity contribution in [3.8, 4) is 0 Å². The minimum Gasteiger partial charge on any atom is -0.364 e. The van der Waals surface area contributed by atoms with Crippen molar-refractivity contribution >= 4 is 11.8 Å². The van der Waals surface area contributed by atoms with E-state index in [1.54, 1.807) is 11.9 Å². The van der Waals surface area contributed by atoms with Crippen molar-refractivity contribution in [1.82, 2.24) is 9.80 Å². The second-order valence-electron chi connectivity index (χ2n) is 7.17. The second kappa shape index (κ2) is 6.98. The molecule has 28 heavy (non-hydrogen) atoms. The van der Waals surface area contributed by atoms with Gasteiger partial charge in [-0.3, -0.25) is 9.59 Å². The third-order valence-corrected chi connectivity index (χ3v) is 5.78. The normalized spacial score (nSPS) is 24.8. The Morgan fingerprint density at radius 3 is 2.64 bits per heavy atom. The molecule has 2 atom stereocenters. The van der Waals surface area contributed by atoms with Gasteiger partial charge in [0.2, 0.25) is 5.91 Å². The van der Waals surface area contributed by atoms with Crippen molar-refractivity contribution in [2.75, 3.05) is 26.7 Å². The topological polar surface area (TPSA) is 49.9 Å². The van der Waals surface area contributed by atoms with Gasteiger partial charge in [-0.2, -0.15) is 0 Å². The lowest BCUT2D eigenvalue weighted by Crippen LogP contribution is -2.67. The van der Waals surface area contributed by atoms with Crippen LogP contribution >= 0.6 is 0 Å². The Balaban J connectivity index is 1.66. The third kappa shape index (κ3) is 2.86. The smallest absolute Gasteiger partial charge is 0.256 e. The number of piperidine rings is 1. The van der Waals surface area contributed by atoms with Crippen LogP contribution in [-0.2, 0) is 15.1 Å². The maximum absolute atomic E-state index is 14.1. The number of hydrogen-bond donors (Lipinski definition) is 0. The molecule has 0 aliphatic carbocycles. The molecule has 0 N–H and O–H groups in total. The van der Waals surface area contributed by atoms with Crippen molar-refractivity contribution in [2.24, 2.45) is 0 Å². The molecule has 5 nitrogen and oxygen atoms in total. The maximum atomic E-state index is 14.1. The molecule has 0 spiro atoms. The summed E-state index contributed by atoms with van der Waals surface area (Å²) >= 11 is 0. The maximum Gasteiger partial charge on any atom is 0.256 e. The number of likely N-dealkylation sites (N-methyl/N-ethyl adjacent to an activating group) is 1. The van der Waals surface area contributed by atoms with Gasteiger partial charge in [0.05, 0.1) is 11.1 Å². The van der Waals surface area contributed by atoms with E-state index in [0.29, 0.717) is 19.0 Å². The highest BCUT2D eigenvalue weighted by atomic mass is 19.1. The van der Waals surface area contributed by atoms with Crippen molar-refractivity contribution < 1.29 is 23.1 Å². The highest BCUT2D eigenvalue weighted by Crippen LogP contribution is 2.42. The third-order valence-electron chi connectivity index (χ3n) is 5.78. The SMILES string of the molecule is CN1C(=O)CO[C@@H]2CN(C(=O)c3ccc(F)cc3F)CC[C@]21c1ccccc1. The van der Waals surface area contributed by atoms with Gasteiger partial charge in [-0.05, 0) is 24.1 Å². The number of halogens is 2. The van der Waals surface area contributed by atoms with Crippen LogP contribution in [0.15, 0.2) is 48.5 Å². The fourth-order valence-corrected chi connectivity index (χ4v) is 4.24. The zero-order valence-corrected chi connectivity index (χ0v) is 15.4. The molecule has 0 saturated carbocycles. The highest BCUT2D eigenvalue weighted by Gasteiger charge is 2.53. The van der Waals surface area contributed by atoms with Gasteiger partial charge in [0.15, 0.2) is 0 Å². The van der Waals surface area contributed by atoms with Gasteiger partial charge in [0, 0.05) is 26.2 Å². The number of nitrogens with zero attached hydrogens (tertiary/aromatic N) is 2. The molecular formula is C21H20F2N2O3. The van der Waals surface area contributed by atoms with Gasteiger partial charge in [-0.25, -0.2) is 8.78 Å². The molecule has 2 saturated heterocycles. The number of morpholine rings is 1. The minimum atomic E-state index is -0.887. The summed E-state index contributed by atoms with van der Waals surface area (Å²) in [5.41, 5.74) is 0.0822. The first-order valence-corrected chi connectivity index (χ1v) is 9.11. The van der Waals surface area contributed by atoms with E-state index in [0.717, 1.165) is 17.7 Å². The van der Waals surface area contributed by atoms with Gasteiger partial charge >= 0.3 is 0 Å². The van der Waals surface area contributed by atoms with Crippen molar-refractivity contribution in [2.45, 2.75) is 18.1 Å². The highest BCUT2D eigenvalue weighted by molar-refractivity contribution is 5.94. The van der Waals surface area contributed by atoms with E-state index in [-0.39, 0.29) is 24.6 Å². The van der Waals surface area contributed by atoms with E-state index in [1.807, 2.05) is 30.3 Å². The average Bonchev–Trinajstić information content (AvgIpc) is 2.71. The van der Waals surface area contributed by atoms with Crippen LogP contribution in [0.4, 0.5) is 8.78 Å². The van der Waals surface area contributed by atoms with Gasteiger partial charge in [-0.1, -0.05) is 30.3 Å². The van der Waals surface area contributed by atoms with E-state index < -0.39 is 29.2 Å². The summed E-state index contributed by atoms with van der Waals surface area (Å²) in [5, 5.41) is 0. The van der Waals surface area contributed by atoms with Crippen LogP contribution < -0.4 is 0 Å². The number of hydrogen-bond acceptors (Lipinski definition) is 3. The molecular weight excluding hydrogens is 366 g/mol. The number of amides is 2. The fraction of sp³-hybridized carbons (Fsp3) is 0.333. The van der Waals surface area contributed by atoms with Crippen LogP contribution in [0.2, 0.25) is 0 Å². The van der Waals surface area contributed by atoms with Crippen molar-refractivity contribution in [3.63, 3.8) is 0 Å². The van der Waals surface area contributed by atoms with Crippen LogP contribution in [0.1, 0.15) is 22.3 Å². The summed E-state index contributed by atoms with van der Waals surface area (Å²) in [5.74, 6) is -2.25. The van der Waals surface area contributed by atoms with Gasteiger partial charge < -0.3 is 14.5 Å².